The minimum atomic E-state index is -0.856. The maximum atomic E-state index is 7.36. The van der Waals surface area contributed by atoms with Gasteiger partial charge in [0.05, 0.1) is 0 Å². The van der Waals surface area contributed by atoms with E-state index in [2.05, 4.69) is 175 Å². The highest BCUT2D eigenvalue weighted by Gasteiger charge is 2.33. The van der Waals surface area contributed by atoms with Crippen LogP contribution in [0, 0.1) is 0 Å². The van der Waals surface area contributed by atoms with Crippen LogP contribution in [0.25, 0.3) is 0 Å². The summed E-state index contributed by atoms with van der Waals surface area (Å²) in [6, 6.07) is 49.8. The zero-order valence-corrected chi connectivity index (χ0v) is 32.2. The fourth-order valence-electron chi connectivity index (χ4n) is 6.54. The molecule has 49 heavy (non-hydrogen) atoms. The molecular weight excluding hydrogens is 671 g/mol. The summed E-state index contributed by atoms with van der Waals surface area (Å²) in [4.78, 5) is 5.36. The van der Waals surface area contributed by atoms with E-state index in [0.717, 1.165) is 11.5 Å². The third-order valence-corrected chi connectivity index (χ3v) is 17.3. The van der Waals surface area contributed by atoms with Crippen LogP contribution >= 0.6 is 39.4 Å². The van der Waals surface area contributed by atoms with E-state index >= 15 is 0 Å². The fraction of sp³-hybridized carbons (Fsp3) is 0.182. The fourth-order valence-corrected chi connectivity index (χ4v) is 14.8. The van der Waals surface area contributed by atoms with Crippen LogP contribution in [0.2, 0.25) is 0 Å². The summed E-state index contributed by atoms with van der Waals surface area (Å²) in [6.45, 7) is 13.8. The molecule has 8 rings (SSSR count). The van der Waals surface area contributed by atoms with Gasteiger partial charge >= 0.3 is 0 Å². The lowest BCUT2D eigenvalue weighted by atomic mass is 9.87. The summed E-state index contributed by atoms with van der Waals surface area (Å²) in [6.07, 6.45) is 0. The van der Waals surface area contributed by atoms with Gasteiger partial charge in [-0.15, -0.1) is 0 Å². The zero-order valence-electron chi connectivity index (χ0n) is 28.8. The van der Waals surface area contributed by atoms with Crippen LogP contribution in [0.15, 0.2) is 153 Å². The average molecular weight is 711 g/mol. The van der Waals surface area contributed by atoms with E-state index in [1.54, 1.807) is 0 Å². The molecule has 0 aromatic heterocycles. The van der Waals surface area contributed by atoms with Crippen molar-refractivity contribution in [3.05, 3.63) is 145 Å². The smallest absolute Gasteiger partial charge is 0.135 e. The zero-order chi connectivity index (χ0) is 33.9. The number of fused-ring (bicyclic) bond motifs is 4. The lowest BCUT2D eigenvalue weighted by Gasteiger charge is -2.32. The third-order valence-electron chi connectivity index (χ3n) is 9.22. The van der Waals surface area contributed by atoms with Crippen molar-refractivity contribution in [2.45, 2.75) is 72.0 Å². The summed E-state index contributed by atoms with van der Waals surface area (Å²) in [7, 11) is -1.71. The van der Waals surface area contributed by atoms with Crippen molar-refractivity contribution in [3.63, 3.8) is 0 Å². The van der Waals surface area contributed by atoms with Crippen molar-refractivity contribution in [2.24, 2.45) is 0 Å². The molecule has 2 heterocycles. The third kappa shape index (κ3) is 6.19. The molecule has 0 saturated carbocycles. The van der Waals surface area contributed by atoms with Crippen molar-refractivity contribution in [2.75, 3.05) is 0 Å². The second-order valence-electron chi connectivity index (χ2n) is 14.7. The number of hydrogen-bond donors (Lipinski definition) is 0. The summed E-state index contributed by atoms with van der Waals surface area (Å²) in [5.41, 5.74) is 2.65. The number of ether oxygens (including phenoxy) is 1. The molecular formula is C44H40OP2S2. The molecule has 6 aromatic rings. The second-order valence-corrected chi connectivity index (χ2v) is 21.1. The molecule has 5 heteroatoms. The van der Waals surface area contributed by atoms with Crippen molar-refractivity contribution in [1.82, 2.24) is 0 Å². The molecule has 0 radical (unpaired) electrons. The summed E-state index contributed by atoms with van der Waals surface area (Å²) < 4.78 is 7.36. The van der Waals surface area contributed by atoms with E-state index in [4.69, 9.17) is 4.74 Å². The van der Waals surface area contributed by atoms with Gasteiger partial charge in [-0.05, 0) is 108 Å². The Labute approximate surface area is 302 Å². The van der Waals surface area contributed by atoms with Crippen LogP contribution < -0.4 is 36.6 Å². The van der Waals surface area contributed by atoms with Gasteiger partial charge in [0.2, 0.25) is 0 Å². The minimum Gasteiger partial charge on any atom is -0.456 e. The Hall–Kier alpha value is -3.32. The van der Waals surface area contributed by atoms with Gasteiger partial charge in [-0.25, -0.2) is 0 Å². The Bertz CT molecular complexity index is 1960. The van der Waals surface area contributed by atoms with Crippen molar-refractivity contribution in [3.8, 4) is 11.5 Å². The maximum absolute atomic E-state index is 7.36. The first-order valence-corrected chi connectivity index (χ1v) is 21.2. The van der Waals surface area contributed by atoms with Crippen LogP contribution in [0.3, 0.4) is 0 Å². The van der Waals surface area contributed by atoms with Crippen LogP contribution in [-0.4, -0.2) is 0 Å². The molecule has 2 aliphatic rings. The largest absolute Gasteiger partial charge is 0.456 e. The van der Waals surface area contributed by atoms with E-state index in [0.29, 0.717) is 0 Å². The average Bonchev–Trinajstić information content (AvgIpc) is 3.09. The van der Waals surface area contributed by atoms with Crippen molar-refractivity contribution >= 4 is 71.2 Å². The number of rotatable bonds is 4. The molecule has 244 valence electrons. The molecule has 0 saturated heterocycles. The Morgan fingerprint density at radius 2 is 0.694 bits per heavy atom. The van der Waals surface area contributed by atoms with Gasteiger partial charge in [-0.1, -0.05) is 150 Å². The molecule has 0 N–H and O–H groups in total. The quantitative estimate of drug-likeness (QED) is 0.168. The molecule has 1 nitrogen and oxygen atoms in total. The monoisotopic (exact) mass is 710 g/mol. The standard InChI is InChI=1S/C44H40OP2S2/c1-43(2,3)29-23-25-31(37(27-29)46-33-15-7-11-19-39(33)48-40-20-12-8-16-34(40)46)45-32-26-24-30(44(4,5)6)28-38(32)47-35-17-9-13-21-41(35)49-42-22-14-10-18-36(42)47/h7-28H,1-6H3. The minimum absolute atomic E-state index is 0.00210. The molecule has 6 aromatic carbocycles. The van der Waals surface area contributed by atoms with Gasteiger partial charge in [0, 0.05) is 30.2 Å². The number of benzene rings is 6. The molecule has 0 bridgehead atoms. The van der Waals surface area contributed by atoms with Gasteiger partial charge in [0.25, 0.3) is 0 Å². The van der Waals surface area contributed by atoms with Gasteiger partial charge < -0.3 is 4.74 Å². The Morgan fingerprint density at radius 3 is 1.00 bits per heavy atom. The van der Waals surface area contributed by atoms with Crippen LogP contribution in [0.4, 0.5) is 0 Å². The highest BCUT2D eigenvalue weighted by molar-refractivity contribution is 8.02. The van der Waals surface area contributed by atoms with Crippen molar-refractivity contribution in [1.29, 1.82) is 0 Å². The van der Waals surface area contributed by atoms with Crippen LogP contribution in [0.1, 0.15) is 52.7 Å². The molecule has 0 unspecified atom stereocenters. The first-order valence-electron chi connectivity index (χ1n) is 16.9. The topological polar surface area (TPSA) is 9.23 Å². The highest BCUT2D eigenvalue weighted by atomic mass is 32.2. The van der Waals surface area contributed by atoms with E-state index in [9.17, 15) is 0 Å². The Kier molecular flexibility index (Phi) is 8.57. The first kappa shape index (κ1) is 32.9. The lowest BCUT2D eigenvalue weighted by Crippen LogP contribution is -2.29. The molecule has 2 aliphatic heterocycles. The lowest BCUT2D eigenvalue weighted by molar-refractivity contribution is 0.488. The van der Waals surface area contributed by atoms with Crippen molar-refractivity contribution < 1.29 is 4.74 Å². The van der Waals surface area contributed by atoms with E-state index in [1.165, 1.54) is 62.5 Å². The van der Waals surface area contributed by atoms with Crippen LogP contribution in [0.5, 0.6) is 11.5 Å². The summed E-state index contributed by atoms with van der Waals surface area (Å²) in [5, 5.41) is 8.16. The molecule has 0 amide bonds. The Balaban J connectivity index is 1.35. The van der Waals surface area contributed by atoms with E-state index in [-0.39, 0.29) is 10.8 Å². The maximum Gasteiger partial charge on any atom is 0.135 e. The van der Waals surface area contributed by atoms with Gasteiger partial charge in [-0.2, -0.15) is 0 Å². The summed E-state index contributed by atoms with van der Waals surface area (Å²) >= 11 is 3.78. The van der Waals surface area contributed by atoms with Gasteiger partial charge in [0.1, 0.15) is 11.5 Å². The predicted molar refractivity (Wildman–Crippen MR) is 216 cm³/mol. The van der Waals surface area contributed by atoms with Gasteiger partial charge in [0.15, 0.2) is 0 Å². The number of hydrogen-bond acceptors (Lipinski definition) is 3. The SMILES string of the molecule is CC(C)(C)c1ccc(Oc2ccc(C(C)(C)C)cc2P2c3ccccc3Sc3ccccc32)c(P2c3ccccc3Sc3ccccc32)c1. The predicted octanol–water partition coefficient (Wildman–Crippen LogP) is 10.5. The highest BCUT2D eigenvalue weighted by Crippen LogP contribution is 2.51. The second kappa shape index (κ2) is 12.8. The van der Waals surface area contributed by atoms with Gasteiger partial charge in [-0.3, -0.25) is 0 Å². The summed E-state index contributed by atoms with van der Waals surface area (Å²) in [5.74, 6) is 1.90. The molecule has 0 atom stereocenters. The molecule has 0 aliphatic carbocycles. The van der Waals surface area contributed by atoms with E-state index in [1.807, 2.05) is 23.5 Å². The first-order chi connectivity index (χ1) is 23.6. The van der Waals surface area contributed by atoms with Crippen LogP contribution in [-0.2, 0) is 10.8 Å². The normalized spacial score (nSPS) is 14.4. The Morgan fingerprint density at radius 1 is 0.388 bits per heavy atom. The van der Waals surface area contributed by atoms with E-state index < -0.39 is 15.8 Å². The molecule has 0 fully saturated rings. The molecule has 0 spiro atoms.